The fourth-order valence-electron chi connectivity index (χ4n) is 1.72. The molecule has 0 aliphatic carbocycles. The van der Waals surface area contributed by atoms with Gasteiger partial charge in [0.25, 0.3) is 5.91 Å². The van der Waals surface area contributed by atoms with Gasteiger partial charge in [0.1, 0.15) is 10.1 Å². The average molecular weight is 346 g/mol. The number of nitrogens with one attached hydrogen (secondary N) is 1. The zero-order valence-electron chi connectivity index (χ0n) is 11.1. The van der Waals surface area contributed by atoms with Crippen LogP contribution in [0.1, 0.15) is 22.0 Å². The Morgan fingerprint density at radius 1 is 1.38 bits per heavy atom. The third-order valence-corrected chi connectivity index (χ3v) is 4.35. The molecule has 0 fully saturated rings. The van der Waals surface area contributed by atoms with Gasteiger partial charge in [0.2, 0.25) is 0 Å². The summed E-state index contributed by atoms with van der Waals surface area (Å²) in [6.45, 7) is 0.0783. The maximum atomic E-state index is 11.9. The molecule has 0 saturated carbocycles. The second kappa shape index (κ2) is 7.13. The van der Waals surface area contributed by atoms with Gasteiger partial charge in [-0.3, -0.25) is 4.79 Å². The summed E-state index contributed by atoms with van der Waals surface area (Å²) < 4.78 is 5.82. The maximum Gasteiger partial charge on any atom is 0.253 e. The van der Waals surface area contributed by atoms with Gasteiger partial charge in [-0.25, -0.2) is 0 Å². The van der Waals surface area contributed by atoms with Crippen molar-refractivity contribution in [3.8, 4) is 5.75 Å². The summed E-state index contributed by atoms with van der Waals surface area (Å²) in [5.74, 6) is 0.338. The number of benzene rings is 1. The van der Waals surface area contributed by atoms with Gasteiger partial charge in [-0.15, -0.1) is 11.3 Å². The van der Waals surface area contributed by atoms with E-state index < -0.39 is 6.10 Å². The predicted molar refractivity (Wildman–Crippen MR) is 84.6 cm³/mol. The van der Waals surface area contributed by atoms with Crippen LogP contribution in [0.4, 0.5) is 0 Å². The second-order valence-electron chi connectivity index (χ2n) is 4.24. The molecule has 2 aromatic rings. The molecule has 1 heterocycles. The molecule has 2 N–H and O–H groups in total. The van der Waals surface area contributed by atoms with Gasteiger partial charge in [0.15, 0.2) is 0 Å². The largest absolute Gasteiger partial charge is 0.497 e. The van der Waals surface area contributed by atoms with Crippen LogP contribution in [0.5, 0.6) is 5.75 Å². The first kappa shape index (κ1) is 16.1. The summed E-state index contributed by atoms with van der Waals surface area (Å²) in [6.07, 6.45) is -0.812. The number of aliphatic hydroxyl groups is 1. The van der Waals surface area contributed by atoms with Gasteiger partial charge in [-0.2, -0.15) is 0 Å². The summed E-state index contributed by atoms with van der Waals surface area (Å²) in [7, 11) is 1.57. The molecule has 0 spiro atoms. The van der Waals surface area contributed by atoms with Crippen molar-refractivity contribution in [1.29, 1.82) is 0 Å². The topological polar surface area (TPSA) is 58.6 Å². The van der Waals surface area contributed by atoms with Crippen molar-refractivity contribution in [3.05, 3.63) is 50.1 Å². The Bertz CT molecular complexity index is 628. The number of carbonyl (C=O) groups is 1. The Morgan fingerprint density at radius 3 is 2.57 bits per heavy atom. The Morgan fingerprint density at radius 2 is 2.05 bits per heavy atom. The third kappa shape index (κ3) is 4.11. The molecule has 2 rings (SSSR count). The summed E-state index contributed by atoms with van der Waals surface area (Å²) in [5, 5.41) is 12.7. The molecule has 112 valence electrons. The minimum absolute atomic E-state index is 0.0783. The molecule has 1 unspecified atom stereocenters. The van der Waals surface area contributed by atoms with Crippen LogP contribution in [0.2, 0.25) is 8.67 Å². The predicted octanol–water partition coefficient (Wildman–Crippen LogP) is 3.53. The first-order valence-corrected chi connectivity index (χ1v) is 7.63. The minimum atomic E-state index is -0.812. The van der Waals surface area contributed by atoms with E-state index in [1.165, 1.54) is 6.07 Å². The number of carbonyl (C=O) groups excluding carboxylic acids is 1. The SMILES string of the molecule is COc1ccc(C(O)CNC(=O)c2cc(Cl)sc2Cl)cc1. The lowest BCUT2D eigenvalue weighted by molar-refractivity contribution is 0.0917. The number of hydrogen-bond acceptors (Lipinski definition) is 4. The smallest absolute Gasteiger partial charge is 0.253 e. The first-order chi connectivity index (χ1) is 10.0. The maximum absolute atomic E-state index is 11.9. The van der Waals surface area contributed by atoms with Gasteiger partial charge in [-0.05, 0) is 23.8 Å². The van der Waals surface area contributed by atoms with Crippen LogP contribution in [0, 0.1) is 0 Å². The molecule has 4 nitrogen and oxygen atoms in total. The minimum Gasteiger partial charge on any atom is -0.497 e. The molecule has 1 aromatic carbocycles. The fraction of sp³-hybridized carbons (Fsp3) is 0.214. The van der Waals surface area contributed by atoms with Gasteiger partial charge < -0.3 is 15.2 Å². The fourth-order valence-corrected chi connectivity index (χ4v) is 3.18. The van der Waals surface area contributed by atoms with Crippen LogP contribution in [0.3, 0.4) is 0 Å². The van der Waals surface area contributed by atoms with Crippen LogP contribution in [0.15, 0.2) is 30.3 Å². The number of thiophene rings is 1. The lowest BCUT2D eigenvalue weighted by atomic mass is 10.1. The normalized spacial score (nSPS) is 12.0. The molecule has 21 heavy (non-hydrogen) atoms. The van der Waals surface area contributed by atoms with Gasteiger partial charge in [0.05, 0.1) is 23.1 Å². The quantitative estimate of drug-likeness (QED) is 0.871. The van der Waals surface area contributed by atoms with Gasteiger partial charge in [0, 0.05) is 6.54 Å². The summed E-state index contributed by atoms with van der Waals surface area (Å²) in [6, 6.07) is 8.48. The van der Waals surface area contributed by atoms with E-state index in [9.17, 15) is 9.90 Å². The molecule has 0 radical (unpaired) electrons. The van der Waals surface area contributed by atoms with Gasteiger partial charge in [-0.1, -0.05) is 35.3 Å². The Balaban J connectivity index is 1.95. The molecule has 0 bridgehead atoms. The number of halogens is 2. The summed E-state index contributed by atoms with van der Waals surface area (Å²) >= 11 is 12.8. The molecule has 0 aliphatic rings. The number of amides is 1. The molecule has 0 saturated heterocycles. The molecule has 1 atom stereocenters. The van der Waals surface area contributed by atoms with Crippen LogP contribution < -0.4 is 10.1 Å². The third-order valence-electron chi connectivity index (χ3n) is 2.86. The zero-order valence-corrected chi connectivity index (χ0v) is 13.4. The highest BCUT2D eigenvalue weighted by molar-refractivity contribution is 7.20. The number of hydrogen-bond donors (Lipinski definition) is 2. The second-order valence-corrected chi connectivity index (χ2v) is 6.52. The molecule has 1 aromatic heterocycles. The van der Waals surface area contributed by atoms with E-state index in [0.717, 1.165) is 11.3 Å². The molecule has 7 heteroatoms. The van der Waals surface area contributed by atoms with E-state index in [4.69, 9.17) is 27.9 Å². The monoisotopic (exact) mass is 345 g/mol. The lowest BCUT2D eigenvalue weighted by Gasteiger charge is -2.12. The zero-order chi connectivity index (χ0) is 15.4. The van der Waals surface area contributed by atoms with Crippen molar-refractivity contribution in [2.45, 2.75) is 6.10 Å². The molecule has 0 aliphatic heterocycles. The standard InChI is InChI=1S/C14H13Cl2NO3S/c1-20-9-4-2-8(3-5-9)11(18)7-17-14(19)10-6-12(15)21-13(10)16/h2-6,11,18H,7H2,1H3,(H,17,19). The van der Waals surface area contributed by atoms with Crippen LogP contribution in [0.25, 0.3) is 0 Å². The van der Waals surface area contributed by atoms with Crippen molar-refractivity contribution in [1.82, 2.24) is 5.32 Å². The van der Waals surface area contributed by atoms with Crippen molar-refractivity contribution in [2.75, 3.05) is 13.7 Å². The van der Waals surface area contributed by atoms with Crippen LogP contribution in [-0.4, -0.2) is 24.7 Å². The molecule has 1 amide bonds. The number of rotatable bonds is 5. The van der Waals surface area contributed by atoms with Crippen molar-refractivity contribution >= 4 is 40.4 Å². The summed E-state index contributed by atoms with van der Waals surface area (Å²) in [4.78, 5) is 11.9. The number of aliphatic hydroxyl groups excluding tert-OH is 1. The van der Waals surface area contributed by atoms with Crippen molar-refractivity contribution in [3.63, 3.8) is 0 Å². The number of ether oxygens (including phenoxy) is 1. The average Bonchev–Trinajstić information content (AvgIpc) is 2.83. The van der Waals surface area contributed by atoms with Crippen LogP contribution >= 0.6 is 34.5 Å². The number of methoxy groups -OCH3 is 1. The highest BCUT2D eigenvalue weighted by atomic mass is 35.5. The highest BCUT2D eigenvalue weighted by Gasteiger charge is 2.16. The Hall–Kier alpha value is -1.27. The van der Waals surface area contributed by atoms with E-state index in [1.54, 1.807) is 31.4 Å². The first-order valence-electron chi connectivity index (χ1n) is 6.06. The molecular formula is C14H13Cl2NO3S. The van der Waals surface area contributed by atoms with E-state index in [-0.39, 0.29) is 12.5 Å². The van der Waals surface area contributed by atoms with Crippen molar-refractivity contribution < 1.29 is 14.6 Å². The van der Waals surface area contributed by atoms with Crippen molar-refractivity contribution in [2.24, 2.45) is 0 Å². The Kier molecular flexibility index (Phi) is 5.47. The van der Waals surface area contributed by atoms with E-state index in [2.05, 4.69) is 5.32 Å². The highest BCUT2D eigenvalue weighted by Crippen LogP contribution is 2.31. The van der Waals surface area contributed by atoms with E-state index in [0.29, 0.717) is 25.5 Å². The Labute approximate surface area is 136 Å². The van der Waals surface area contributed by atoms with E-state index >= 15 is 0 Å². The van der Waals surface area contributed by atoms with Crippen LogP contribution in [-0.2, 0) is 0 Å². The van der Waals surface area contributed by atoms with E-state index in [1.807, 2.05) is 0 Å². The van der Waals surface area contributed by atoms with Gasteiger partial charge >= 0.3 is 0 Å². The lowest BCUT2D eigenvalue weighted by Crippen LogP contribution is -2.28. The summed E-state index contributed by atoms with van der Waals surface area (Å²) in [5.41, 5.74) is 0.999. The molecular weight excluding hydrogens is 333 g/mol.